The second kappa shape index (κ2) is 12.0. The van der Waals surface area contributed by atoms with Crippen molar-refractivity contribution in [3.8, 4) is 0 Å². The maximum atomic E-state index is 13.0. The van der Waals surface area contributed by atoms with Crippen molar-refractivity contribution in [2.75, 3.05) is 5.32 Å². The van der Waals surface area contributed by atoms with E-state index in [1.54, 1.807) is 12.3 Å². The fourth-order valence-corrected chi connectivity index (χ4v) is 5.14. The van der Waals surface area contributed by atoms with E-state index in [-0.39, 0.29) is 17.8 Å². The molecule has 0 radical (unpaired) electrons. The van der Waals surface area contributed by atoms with Crippen LogP contribution < -0.4 is 21.7 Å². The Morgan fingerprint density at radius 1 is 1.35 bits per heavy atom. The highest BCUT2D eigenvalue weighted by Gasteiger charge is 2.28. The van der Waals surface area contributed by atoms with Gasteiger partial charge >= 0.3 is 0 Å². The number of nitrogens with two attached hydrogens (primary N) is 1. The lowest BCUT2D eigenvalue weighted by atomic mass is 9.97. The molecular weight excluding hydrogens is 472 g/mol. The smallest absolute Gasteiger partial charge is 0.262 e. The number of amidine groups is 1. The van der Waals surface area contributed by atoms with Gasteiger partial charge in [0.2, 0.25) is 5.91 Å². The van der Waals surface area contributed by atoms with E-state index < -0.39 is 11.9 Å². The molecule has 2 aromatic rings. The summed E-state index contributed by atoms with van der Waals surface area (Å²) in [5.74, 6) is -0.433. The van der Waals surface area contributed by atoms with Crippen molar-refractivity contribution in [3.05, 3.63) is 57.1 Å². The van der Waals surface area contributed by atoms with Crippen LogP contribution in [0.5, 0.6) is 0 Å². The van der Waals surface area contributed by atoms with Crippen molar-refractivity contribution in [1.29, 1.82) is 5.41 Å². The number of nitrogens with one attached hydrogen (secondary N) is 4. The number of hydrogen-bond donors (Lipinski definition) is 5. The maximum Gasteiger partial charge on any atom is 0.262 e. The Morgan fingerprint density at radius 3 is 2.79 bits per heavy atom. The van der Waals surface area contributed by atoms with Crippen LogP contribution in [0, 0.1) is 18.3 Å². The molecule has 1 saturated carbocycles. The van der Waals surface area contributed by atoms with Gasteiger partial charge in [-0.3, -0.25) is 20.0 Å². The lowest BCUT2D eigenvalue weighted by Gasteiger charge is -2.21. The summed E-state index contributed by atoms with van der Waals surface area (Å²) in [5, 5.41) is 17.1. The molecule has 0 saturated heterocycles. The standard InChI is InChI=1S/C24H31ClN6O2S/c1-14-18(12-17(25)13-28-14)29-15(2)20-7-8-21(34-20)24(33)30-19(11-16-5-3-4-6-16)23(32)31-22(27)9-10-26/h7-10,12-13,15-16,19,29H,3-6,11,26H2,1-2H3,(H,30,33)(H2,27,31,32)/b10-9-/t15-,19-/m0/s1. The lowest BCUT2D eigenvalue weighted by Crippen LogP contribution is -2.48. The minimum absolute atomic E-state index is 0.0633. The number of aryl methyl sites for hydroxylation is 1. The van der Waals surface area contributed by atoms with Crippen LogP contribution in [-0.2, 0) is 4.79 Å². The summed E-state index contributed by atoms with van der Waals surface area (Å²) >= 11 is 7.43. The number of thiophene rings is 1. The van der Waals surface area contributed by atoms with E-state index in [4.69, 9.17) is 22.7 Å². The Kier molecular flexibility index (Phi) is 9.06. The minimum atomic E-state index is -0.719. The number of halogens is 1. The number of aromatic nitrogens is 1. The predicted octanol–water partition coefficient (Wildman–Crippen LogP) is 4.52. The molecule has 3 rings (SSSR count). The minimum Gasteiger partial charge on any atom is -0.404 e. The van der Waals surface area contributed by atoms with Crippen LogP contribution in [0.15, 0.2) is 36.7 Å². The maximum absolute atomic E-state index is 13.0. The van der Waals surface area contributed by atoms with E-state index in [1.807, 2.05) is 26.0 Å². The monoisotopic (exact) mass is 502 g/mol. The van der Waals surface area contributed by atoms with Crippen LogP contribution in [0.1, 0.15) is 65.3 Å². The fourth-order valence-electron chi connectivity index (χ4n) is 4.06. The molecule has 2 atom stereocenters. The summed E-state index contributed by atoms with van der Waals surface area (Å²) in [6, 6.07) is 4.71. The van der Waals surface area contributed by atoms with Crippen LogP contribution in [0.2, 0.25) is 5.02 Å². The first-order chi connectivity index (χ1) is 16.3. The third-order valence-corrected chi connectivity index (χ3v) is 7.36. The molecule has 0 unspecified atom stereocenters. The number of amides is 2. The van der Waals surface area contributed by atoms with Crippen LogP contribution in [0.25, 0.3) is 0 Å². The van der Waals surface area contributed by atoms with E-state index >= 15 is 0 Å². The summed E-state index contributed by atoms with van der Waals surface area (Å²) in [5.41, 5.74) is 6.97. The molecule has 0 bridgehead atoms. The van der Waals surface area contributed by atoms with Gasteiger partial charge in [0.25, 0.3) is 5.91 Å². The number of pyridine rings is 1. The molecular formula is C24H31ClN6O2S. The largest absolute Gasteiger partial charge is 0.404 e. The fraction of sp³-hybridized carbons (Fsp3) is 0.417. The van der Waals surface area contributed by atoms with Crippen molar-refractivity contribution >= 4 is 46.3 Å². The van der Waals surface area contributed by atoms with Gasteiger partial charge < -0.3 is 21.7 Å². The zero-order chi connectivity index (χ0) is 24.7. The van der Waals surface area contributed by atoms with Gasteiger partial charge in [-0.05, 0) is 56.7 Å². The van der Waals surface area contributed by atoms with Crippen molar-refractivity contribution in [2.24, 2.45) is 11.7 Å². The lowest BCUT2D eigenvalue weighted by molar-refractivity contribution is -0.121. The van der Waals surface area contributed by atoms with Gasteiger partial charge in [0, 0.05) is 11.1 Å². The molecule has 8 nitrogen and oxygen atoms in total. The number of carbonyl (C=O) groups is 2. The zero-order valence-electron chi connectivity index (χ0n) is 19.4. The Morgan fingerprint density at radius 2 is 2.09 bits per heavy atom. The predicted molar refractivity (Wildman–Crippen MR) is 137 cm³/mol. The van der Waals surface area contributed by atoms with Gasteiger partial charge in [-0.1, -0.05) is 37.3 Å². The first-order valence-corrected chi connectivity index (χ1v) is 12.5. The Bertz CT molecular complexity index is 1060. The van der Waals surface area contributed by atoms with Gasteiger partial charge in [0.05, 0.1) is 27.3 Å². The Labute approximate surface area is 208 Å². The third kappa shape index (κ3) is 7.04. The number of rotatable bonds is 9. The van der Waals surface area contributed by atoms with E-state index in [2.05, 4.69) is 20.9 Å². The second-order valence-corrected chi connectivity index (χ2v) is 10.1. The van der Waals surface area contributed by atoms with Gasteiger partial charge in [0.15, 0.2) is 0 Å². The quantitative estimate of drug-likeness (QED) is 0.254. The highest BCUT2D eigenvalue weighted by Crippen LogP contribution is 2.30. The summed E-state index contributed by atoms with van der Waals surface area (Å²) in [4.78, 5) is 31.6. The molecule has 10 heteroatoms. The van der Waals surface area contributed by atoms with E-state index in [0.717, 1.165) is 41.9 Å². The van der Waals surface area contributed by atoms with Crippen LogP contribution in [-0.4, -0.2) is 28.7 Å². The van der Waals surface area contributed by atoms with E-state index in [9.17, 15) is 9.59 Å². The second-order valence-electron chi connectivity index (χ2n) is 8.53. The van der Waals surface area contributed by atoms with Crippen LogP contribution in [0.3, 0.4) is 0 Å². The van der Waals surface area contributed by atoms with E-state index in [1.165, 1.54) is 23.6 Å². The first-order valence-electron chi connectivity index (χ1n) is 11.3. The summed E-state index contributed by atoms with van der Waals surface area (Å²) in [6.45, 7) is 3.90. The molecule has 0 aromatic carbocycles. The van der Waals surface area contributed by atoms with Crippen molar-refractivity contribution in [1.82, 2.24) is 15.6 Å². The van der Waals surface area contributed by atoms with Crippen LogP contribution >= 0.6 is 22.9 Å². The van der Waals surface area contributed by atoms with Crippen LogP contribution in [0.4, 0.5) is 5.69 Å². The highest BCUT2D eigenvalue weighted by atomic mass is 35.5. The highest BCUT2D eigenvalue weighted by molar-refractivity contribution is 7.14. The summed E-state index contributed by atoms with van der Waals surface area (Å²) in [6.07, 6.45) is 9.01. The topological polar surface area (TPSA) is 133 Å². The number of hydrogen-bond acceptors (Lipinski definition) is 7. The molecule has 1 fully saturated rings. The third-order valence-electron chi connectivity index (χ3n) is 5.89. The molecule has 1 aliphatic rings. The molecule has 2 aromatic heterocycles. The number of carbonyl (C=O) groups excluding carboxylic acids is 2. The van der Waals surface area contributed by atoms with Crippen molar-refractivity contribution in [3.63, 3.8) is 0 Å². The number of anilines is 1. The average molecular weight is 503 g/mol. The van der Waals surface area contributed by atoms with Crippen molar-refractivity contribution in [2.45, 2.75) is 58.0 Å². The molecule has 2 heterocycles. The summed E-state index contributed by atoms with van der Waals surface area (Å²) in [7, 11) is 0. The van der Waals surface area contributed by atoms with Gasteiger partial charge in [-0.15, -0.1) is 11.3 Å². The first kappa shape index (κ1) is 25.7. The van der Waals surface area contributed by atoms with Gasteiger partial charge in [-0.2, -0.15) is 0 Å². The molecule has 0 aliphatic heterocycles. The molecule has 1 aliphatic carbocycles. The van der Waals surface area contributed by atoms with E-state index in [0.29, 0.717) is 22.2 Å². The molecule has 2 amide bonds. The molecule has 182 valence electrons. The molecule has 0 spiro atoms. The normalized spacial score (nSPS) is 15.7. The Hall–Kier alpha value is -2.91. The summed E-state index contributed by atoms with van der Waals surface area (Å²) < 4.78 is 0. The molecule has 34 heavy (non-hydrogen) atoms. The van der Waals surface area contributed by atoms with Gasteiger partial charge in [-0.25, -0.2) is 0 Å². The zero-order valence-corrected chi connectivity index (χ0v) is 20.9. The Balaban J connectivity index is 1.68. The SMILES string of the molecule is Cc1ncc(Cl)cc1N[C@@H](C)c1ccc(C(=O)N[C@@H](CC2CCCC2)C(=O)NC(=N)/C=C\N)s1. The van der Waals surface area contributed by atoms with Gasteiger partial charge in [0.1, 0.15) is 11.9 Å². The average Bonchev–Trinajstić information content (AvgIpc) is 3.48. The number of nitrogens with zero attached hydrogens (tertiary/aromatic N) is 1. The van der Waals surface area contributed by atoms with Crippen molar-refractivity contribution < 1.29 is 9.59 Å². The molecule has 6 N–H and O–H groups in total.